The summed E-state index contributed by atoms with van der Waals surface area (Å²) < 4.78 is 36.3. The number of aromatic amines is 1. The Morgan fingerprint density at radius 2 is 1.86 bits per heavy atom. The van der Waals surface area contributed by atoms with Crippen LogP contribution >= 0.6 is 0 Å². The zero-order chi connectivity index (χ0) is 25.7. The summed E-state index contributed by atoms with van der Waals surface area (Å²) in [4.78, 5) is 21.9. The van der Waals surface area contributed by atoms with Crippen LogP contribution in [0.1, 0.15) is 25.7 Å². The molecule has 2 aliphatic rings. The van der Waals surface area contributed by atoms with E-state index in [0.717, 1.165) is 38.2 Å². The SMILES string of the molecule is O=C(NCCN1CCOCC1)Nc1nc2cc(OS(=O)(=O)c3ccc(NC4CCCC4)cc3)ccc2[nH]1. The smallest absolute Gasteiger partial charge is 0.339 e. The summed E-state index contributed by atoms with van der Waals surface area (Å²) in [6.45, 7) is 4.38. The fourth-order valence-electron chi connectivity index (χ4n) is 4.60. The van der Waals surface area contributed by atoms with Gasteiger partial charge in [-0.25, -0.2) is 9.78 Å². The lowest BCUT2D eigenvalue weighted by molar-refractivity contribution is 0.0388. The van der Waals surface area contributed by atoms with Crippen molar-refractivity contribution in [1.29, 1.82) is 0 Å². The Kier molecular flexibility index (Phi) is 7.77. The minimum atomic E-state index is -4.02. The average molecular weight is 529 g/mol. The number of carbonyl (C=O) groups excluding carboxylic acids is 1. The molecule has 0 spiro atoms. The van der Waals surface area contributed by atoms with E-state index in [9.17, 15) is 13.2 Å². The van der Waals surface area contributed by atoms with E-state index in [2.05, 4.69) is 30.8 Å². The normalized spacial score (nSPS) is 17.1. The maximum absolute atomic E-state index is 12.8. The number of carbonyl (C=O) groups is 1. The van der Waals surface area contributed by atoms with Gasteiger partial charge in [0, 0.05) is 44.0 Å². The van der Waals surface area contributed by atoms with E-state index in [-0.39, 0.29) is 22.6 Å². The predicted octanol–water partition coefficient (Wildman–Crippen LogP) is 3.14. The number of hydrogen-bond donors (Lipinski definition) is 4. The molecular weight excluding hydrogens is 496 g/mol. The Morgan fingerprint density at radius 3 is 2.62 bits per heavy atom. The number of morpholine rings is 1. The number of benzene rings is 2. The van der Waals surface area contributed by atoms with E-state index in [1.165, 1.54) is 18.9 Å². The summed E-state index contributed by atoms with van der Waals surface area (Å²) in [5, 5.41) is 8.92. The monoisotopic (exact) mass is 528 g/mol. The van der Waals surface area contributed by atoms with Crippen LogP contribution in [-0.2, 0) is 14.9 Å². The Hall–Kier alpha value is -3.35. The van der Waals surface area contributed by atoms with Crippen LogP contribution < -0.4 is 20.1 Å². The van der Waals surface area contributed by atoms with Gasteiger partial charge in [0.25, 0.3) is 0 Å². The number of amides is 2. The first-order valence-electron chi connectivity index (χ1n) is 12.6. The van der Waals surface area contributed by atoms with Crippen molar-refractivity contribution in [2.45, 2.75) is 36.6 Å². The number of ether oxygens (including phenoxy) is 1. The molecule has 0 bridgehead atoms. The third-order valence-electron chi connectivity index (χ3n) is 6.58. The lowest BCUT2D eigenvalue weighted by Gasteiger charge is -2.26. The summed E-state index contributed by atoms with van der Waals surface area (Å²) in [5.74, 6) is 0.387. The van der Waals surface area contributed by atoms with Crippen molar-refractivity contribution in [1.82, 2.24) is 20.2 Å². The number of hydrogen-bond acceptors (Lipinski definition) is 8. The number of aromatic nitrogens is 2. The van der Waals surface area contributed by atoms with Crippen molar-refractivity contribution >= 4 is 38.8 Å². The van der Waals surface area contributed by atoms with Gasteiger partial charge in [-0.1, -0.05) is 12.8 Å². The molecule has 11 nitrogen and oxygen atoms in total. The van der Waals surface area contributed by atoms with Crippen molar-refractivity contribution in [2.75, 3.05) is 50.0 Å². The van der Waals surface area contributed by atoms with Crippen molar-refractivity contribution in [3.05, 3.63) is 42.5 Å². The molecule has 12 heteroatoms. The van der Waals surface area contributed by atoms with Gasteiger partial charge in [0.15, 0.2) is 0 Å². The van der Waals surface area contributed by atoms with Crippen LogP contribution in [0.2, 0.25) is 0 Å². The van der Waals surface area contributed by atoms with Gasteiger partial charge in [0.2, 0.25) is 5.95 Å². The number of rotatable bonds is 9. The quantitative estimate of drug-likeness (QED) is 0.311. The molecule has 3 aromatic rings. The number of nitrogens with zero attached hydrogens (tertiary/aromatic N) is 2. The Bertz CT molecular complexity index is 1320. The first kappa shape index (κ1) is 25.3. The first-order chi connectivity index (χ1) is 17.9. The van der Waals surface area contributed by atoms with Crippen molar-refractivity contribution in [3.63, 3.8) is 0 Å². The van der Waals surface area contributed by atoms with E-state index in [1.54, 1.807) is 36.4 Å². The van der Waals surface area contributed by atoms with Crippen LogP contribution in [0.25, 0.3) is 11.0 Å². The minimum absolute atomic E-state index is 0.0719. The van der Waals surface area contributed by atoms with Gasteiger partial charge in [-0.2, -0.15) is 8.42 Å². The molecule has 1 aromatic heterocycles. The first-order valence-corrected chi connectivity index (χ1v) is 14.0. The number of fused-ring (bicyclic) bond motifs is 1. The number of anilines is 2. The molecule has 2 aromatic carbocycles. The molecule has 1 aliphatic carbocycles. The van der Waals surface area contributed by atoms with Crippen LogP contribution in [0.4, 0.5) is 16.4 Å². The highest BCUT2D eigenvalue weighted by atomic mass is 32.2. The van der Waals surface area contributed by atoms with Crippen molar-refractivity contribution in [2.24, 2.45) is 0 Å². The highest BCUT2D eigenvalue weighted by Crippen LogP contribution is 2.26. The van der Waals surface area contributed by atoms with Gasteiger partial charge in [0.05, 0.1) is 24.2 Å². The highest BCUT2D eigenvalue weighted by Gasteiger charge is 2.19. The standard InChI is InChI=1S/C25H32N6O5S/c32-25(26-11-12-31-13-15-35-16-14-31)30-24-28-22-10-7-20(17-23(22)29-24)36-37(33,34)21-8-5-19(6-9-21)27-18-3-1-2-4-18/h5-10,17-18,27H,1-4,11-16H2,(H3,26,28,29,30,32). The summed E-state index contributed by atoms with van der Waals surface area (Å²) in [6.07, 6.45) is 4.71. The summed E-state index contributed by atoms with van der Waals surface area (Å²) in [6, 6.07) is 11.4. The van der Waals surface area contributed by atoms with E-state index < -0.39 is 10.1 Å². The zero-order valence-electron chi connectivity index (χ0n) is 20.5. The molecule has 0 radical (unpaired) electrons. The van der Waals surface area contributed by atoms with Crippen LogP contribution in [0, 0.1) is 0 Å². The zero-order valence-corrected chi connectivity index (χ0v) is 21.4. The molecule has 4 N–H and O–H groups in total. The molecule has 2 fully saturated rings. The third-order valence-corrected chi connectivity index (χ3v) is 7.84. The summed E-state index contributed by atoms with van der Waals surface area (Å²) in [7, 11) is -4.02. The number of H-pyrrole nitrogens is 1. The molecule has 1 saturated carbocycles. The lowest BCUT2D eigenvalue weighted by Crippen LogP contribution is -2.42. The average Bonchev–Trinajstić information content (AvgIpc) is 3.54. The van der Waals surface area contributed by atoms with Crippen LogP contribution in [0.5, 0.6) is 5.75 Å². The Balaban J connectivity index is 1.16. The van der Waals surface area contributed by atoms with Gasteiger partial charge < -0.3 is 24.5 Å². The Morgan fingerprint density at radius 1 is 1.11 bits per heavy atom. The van der Waals surface area contributed by atoms with Crippen LogP contribution in [-0.4, -0.2) is 74.8 Å². The second-order valence-electron chi connectivity index (χ2n) is 9.29. The highest BCUT2D eigenvalue weighted by molar-refractivity contribution is 7.87. The fraction of sp³-hybridized carbons (Fsp3) is 0.440. The molecular formula is C25H32N6O5S. The molecule has 198 valence electrons. The maximum atomic E-state index is 12.8. The van der Waals surface area contributed by atoms with Gasteiger partial charge in [0.1, 0.15) is 10.6 Å². The van der Waals surface area contributed by atoms with Gasteiger partial charge in [-0.15, -0.1) is 0 Å². The van der Waals surface area contributed by atoms with E-state index in [4.69, 9.17) is 8.92 Å². The van der Waals surface area contributed by atoms with Gasteiger partial charge >= 0.3 is 16.1 Å². The number of urea groups is 1. The molecule has 0 unspecified atom stereocenters. The fourth-order valence-corrected chi connectivity index (χ4v) is 5.52. The number of imidazole rings is 1. The predicted molar refractivity (Wildman–Crippen MR) is 141 cm³/mol. The second-order valence-corrected chi connectivity index (χ2v) is 10.8. The van der Waals surface area contributed by atoms with Gasteiger partial charge in [-0.05, 0) is 49.2 Å². The lowest BCUT2D eigenvalue weighted by atomic mass is 10.2. The minimum Gasteiger partial charge on any atom is -0.382 e. The molecule has 2 amide bonds. The largest absolute Gasteiger partial charge is 0.382 e. The maximum Gasteiger partial charge on any atom is 0.339 e. The van der Waals surface area contributed by atoms with Gasteiger partial charge in [-0.3, -0.25) is 10.2 Å². The third kappa shape index (κ3) is 6.70. The Labute approximate surface area is 216 Å². The van der Waals surface area contributed by atoms with Crippen LogP contribution in [0.15, 0.2) is 47.4 Å². The van der Waals surface area contributed by atoms with Crippen LogP contribution in [0.3, 0.4) is 0 Å². The summed E-state index contributed by atoms with van der Waals surface area (Å²) in [5.41, 5.74) is 2.00. The molecule has 37 heavy (non-hydrogen) atoms. The molecule has 1 aliphatic heterocycles. The second kappa shape index (κ2) is 11.4. The molecule has 1 saturated heterocycles. The summed E-state index contributed by atoms with van der Waals surface area (Å²) >= 11 is 0. The molecule has 0 atom stereocenters. The number of nitrogens with one attached hydrogen (secondary N) is 4. The van der Waals surface area contributed by atoms with Crippen molar-refractivity contribution in [3.8, 4) is 5.75 Å². The topological polar surface area (TPSA) is 138 Å². The van der Waals surface area contributed by atoms with E-state index in [0.29, 0.717) is 36.8 Å². The van der Waals surface area contributed by atoms with E-state index in [1.807, 2.05) is 0 Å². The van der Waals surface area contributed by atoms with E-state index >= 15 is 0 Å². The van der Waals surface area contributed by atoms with Crippen molar-refractivity contribution < 1.29 is 22.1 Å². The molecule has 2 heterocycles. The molecule has 5 rings (SSSR count).